The number of nitriles is 1. The minimum absolute atomic E-state index is 0.425. The molecule has 0 amide bonds. The Morgan fingerprint density at radius 2 is 1.64 bits per heavy atom. The van der Waals surface area contributed by atoms with Gasteiger partial charge in [0.2, 0.25) is 0 Å². The minimum Gasteiger partial charge on any atom is -0.259 e. The fourth-order valence-electron chi connectivity index (χ4n) is 2.65. The van der Waals surface area contributed by atoms with E-state index in [9.17, 15) is 9.47 Å². The molecule has 0 fully saturated rings. The quantitative estimate of drug-likeness (QED) is 0.375. The van der Waals surface area contributed by atoms with Crippen LogP contribution in [0, 0.1) is 11.3 Å². The zero-order valence-electron chi connectivity index (χ0n) is 15.7. The second kappa shape index (κ2) is 10.2. The summed E-state index contributed by atoms with van der Waals surface area (Å²) in [6.07, 6.45) is 1.95. The highest BCUT2D eigenvalue weighted by Gasteiger charge is 2.18. The maximum Gasteiger partial charge on any atom is 0.161 e. The number of rotatable bonds is 8. The number of aromatic nitrogens is 2. The Balaban J connectivity index is 2.04. The first kappa shape index (κ1) is 20.2. The van der Waals surface area contributed by atoms with Crippen molar-refractivity contribution in [1.82, 2.24) is 9.97 Å². The molecular weight excluding hydrogens is 386 g/mol. The van der Waals surface area contributed by atoms with E-state index in [0.29, 0.717) is 32.9 Å². The molecule has 0 bridgehead atoms. The summed E-state index contributed by atoms with van der Waals surface area (Å²) in [7, 11) is -0.940. The Labute approximate surface area is 172 Å². The second-order valence-corrected chi connectivity index (χ2v) is 9.09. The molecule has 3 rings (SSSR count). The van der Waals surface area contributed by atoms with Crippen LogP contribution in [0.5, 0.6) is 0 Å². The molecule has 0 aliphatic rings. The van der Waals surface area contributed by atoms with Crippen molar-refractivity contribution in [1.29, 1.82) is 5.26 Å². The molecule has 3 aromatic rings. The summed E-state index contributed by atoms with van der Waals surface area (Å²) in [5.41, 5.74) is 2.80. The van der Waals surface area contributed by atoms with Crippen molar-refractivity contribution in [3.8, 4) is 28.7 Å². The van der Waals surface area contributed by atoms with E-state index in [1.54, 1.807) is 0 Å². The Morgan fingerprint density at radius 1 is 1.00 bits per heavy atom. The molecule has 1 unspecified atom stereocenters. The molecule has 1 heterocycles. The van der Waals surface area contributed by atoms with E-state index >= 15 is 0 Å². The van der Waals surface area contributed by atoms with Gasteiger partial charge in [0, 0.05) is 27.7 Å². The van der Waals surface area contributed by atoms with Gasteiger partial charge < -0.3 is 0 Å². The van der Waals surface area contributed by atoms with Crippen molar-refractivity contribution in [2.45, 2.75) is 24.8 Å². The van der Waals surface area contributed by atoms with Gasteiger partial charge in [0.05, 0.1) is 10.8 Å². The lowest BCUT2D eigenvalue weighted by atomic mass is 10.1. The normalized spacial score (nSPS) is 11.7. The first-order valence-corrected chi connectivity index (χ1v) is 11.6. The first-order chi connectivity index (χ1) is 13.7. The number of thioether (sulfide) groups is 1. The van der Waals surface area contributed by atoms with Gasteiger partial charge in [-0.25, -0.2) is 9.97 Å². The number of hydrogen-bond acceptors (Lipinski definition) is 5. The van der Waals surface area contributed by atoms with Crippen molar-refractivity contribution < 1.29 is 4.21 Å². The van der Waals surface area contributed by atoms with Crippen LogP contribution in [-0.4, -0.2) is 25.0 Å². The third-order valence-electron chi connectivity index (χ3n) is 4.12. The molecule has 4 nitrogen and oxygen atoms in total. The highest BCUT2D eigenvalue weighted by molar-refractivity contribution is 8.10. The molecule has 0 radical (unpaired) electrons. The van der Waals surface area contributed by atoms with Gasteiger partial charge in [0.15, 0.2) is 5.82 Å². The third kappa shape index (κ3) is 5.06. The van der Waals surface area contributed by atoms with Crippen LogP contribution in [0.4, 0.5) is 0 Å². The second-order valence-electron chi connectivity index (χ2n) is 6.18. The third-order valence-corrected chi connectivity index (χ3v) is 6.96. The topological polar surface area (TPSA) is 66.6 Å². The van der Waals surface area contributed by atoms with Gasteiger partial charge in [-0.05, 0) is 6.42 Å². The van der Waals surface area contributed by atoms with Crippen molar-refractivity contribution in [2.24, 2.45) is 0 Å². The molecule has 6 heteroatoms. The highest BCUT2D eigenvalue weighted by atomic mass is 32.2. The fourth-order valence-corrected chi connectivity index (χ4v) is 5.14. The van der Waals surface area contributed by atoms with Crippen molar-refractivity contribution in [3.05, 3.63) is 66.2 Å². The first-order valence-electron chi connectivity index (χ1n) is 9.13. The van der Waals surface area contributed by atoms with E-state index in [4.69, 9.17) is 4.98 Å². The Kier molecular flexibility index (Phi) is 7.35. The summed E-state index contributed by atoms with van der Waals surface area (Å²) < 4.78 is 12.2. The van der Waals surface area contributed by atoms with Gasteiger partial charge in [-0.3, -0.25) is 4.21 Å². The van der Waals surface area contributed by atoms with Crippen molar-refractivity contribution >= 4 is 22.6 Å². The molecule has 0 saturated carbocycles. The van der Waals surface area contributed by atoms with E-state index in [-0.39, 0.29) is 0 Å². The zero-order chi connectivity index (χ0) is 19.8. The molecule has 0 aliphatic carbocycles. The number of hydrogen-bond donors (Lipinski definition) is 0. The van der Waals surface area contributed by atoms with E-state index in [1.165, 1.54) is 11.8 Å². The smallest absolute Gasteiger partial charge is 0.161 e. The summed E-state index contributed by atoms with van der Waals surface area (Å²) >= 11 is 1.37. The SMILES string of the molecule is CCCCS(=O)CSc1nc(-c2ccccc2)nc(-c2ccccc2)c1C#N. The summed E-state index contributed by atoms with van der Waals surface area (Å²) in [5.74, 6) is 1.24. The van der Waals surface area contributed by atoms with Gasteiger partial charge in [-0.1, -0.05) is 85.8 Å². The molecular formula is C22H21N3OS2. The van der Waals surface area contributed by atoms with E-state index in [1.807, 2.05) is 60.7 Å². The molecule has 0 aliphatic heterocycles. The van der Waals surface area contributed by atoms with Crippen LogP contribution in [0.25, 0.3) is 22.6 Å². The fraction of sp³-hybridized carbons (Fsp3) is 0.227. The lowest BCUT2D eigenvalue weighted by Crippen LogP contribution is -2.03. The average Bonchev–Trinajstić information content (AvgIpc) is 2.76. The van der Waals surface area contributed by atoms with Gasteiger partial charge in [-0.15, -0.1) is 0 Å². The van der Waals surface area contributed by atoms with Crippen LogP contribution < -0.4 is 0 Å². The molecule has 0 spiro atoms. The summed E-state index contributed by atoms with van der Waals surface area (Å²) in [6, 6.07) is 21.6. The molecule has 142 valence electrons. The van der Waals surface area contributed by atoms with Gasteiger partial charge in [-0.2, -0.15) is 5.26 Å². The lowest BCUT2D eigenvalue weighted by Gasteiger charge is -2.11. The van der Waals surface area contributed by atoms with E-state index in [2.05, 4.69) is 18.0 Å². The Hall–Kier alpha value is -2.49. The summed E-state index contributed by atoms with van der Waals surface area (Å²) in [4.78, 5) is 9.35. The molecule has 1 atom stereocenters. The predicted octanol–water partition coefficient (Wildman–Crippen LogP) is 5.28. The van der Waals surface area contributed by atoms with Crippen molar-refractivity contribution in [2.75, 3.05) is 10.8 Å². The van der Waals surface area contributed by atoms with E-state index in [0.717, 1.165) is 24.0 Å². The summed E-state index contributed by atoms with van der Waals surface area (Å²) in [6.45, 7) is 2.08. The maximum atomic E-state index is 12.2. The van der Waals surface area contributed by atoms with Gasteiger partial charge >= 0.3 is 0 Å². The number of unbranched alkanes of at least 4 members (excludes halogenated alkanes) is 1. The van der Waals surface area contributed by atoms with Gasteiger partial charge in [0.1, 0.15) is 16.7 Å². The Morgan fingerprint density at radius 3 is 2.25 bits per heavy atom. The number of benzene rings is 2. The monoisotopic (exact) mass is 407 g/mol. The standard InChI is InChI=1S/C22H21N3OS2/c1-2-3-14-28(26)16-27-22-19(15-23)20(17-10-6-4-7-11-17)24-21(25-22)18-12-8-5-9-13-18/h4-13H,2-3,14,16H2,1H3. The van der Waals surface area contributed by atoms with Crippen LogP contribution in [-0.2, 0) is 10.8 Å². The van der Waals surface area contributed by atoms with Crippen molar-refractivity contribution in [3.63, 3.8) is 0 Å². The van der Waals surface area contributed by atoms with Crippen LogP contribution in [0.2, 0.25) is 0 Å². The molecule has 0 saturated heterocycles. The van der Waals surface area contributed by atoms with Crippen LogP contribution in [0.1, 0.15) is 25.3 Å². The van der Waals surface area contributed by atoms with Crippen LogP contribution in [0.15, 0.2) is 65.7 Å². The maximum absolute atomic E-state index is 12.2. The van der Waals surface area contributed by atoms with Crippen LogP contribution in [0.3, 0.4) is 0 Å². The van der Waals surface area contributed by atoms with E-state index < -0.39 is 10.8 Å². The molecule has 28 heavy (non-hydrogen) atoms. The average molecular weight is 408 g/mol. The highest BCUT2D eigenvalue weighted by Crippen LogP contribution is 2.31. The zero-order valence-corrected chi connectivity index (χ0v) is 17.3. The largest absolute Gasteiger partial charge is 0.259 e. The van der Waals surface area contributed by atoms with Gasteiger partial charge in [0.25, 0.3) is 0 Å². The van der Waals surface area contributed by atoms with Crippen LogP contribution >= 0.6 is 11.8 Å². The Bertz CT molecular complexity index is 986. The summed E-state index contributed by atoms with van der Waals surface area (Å²) in [5, 5.41) is 10.8. The minimum atomic E-state index is -0.940. The molecule has 0 N–H and O–H groups in total. The molecule has 2 aromatic carbocycles. The molecule has 1 aromatic heterocycles. The number of nitrogens with zero attached hydrogens (tertiary/aromatic N) is 3. The lowest BCUT2D eigenvalue weighted by molar-refractivity contribution is 0.682. The predicted molar refractivity (Wildman–Crippen MR) is 116 cm³/mol.